The Hall–Kier alpha value is -4.19. The van der Waals surface area contributed by atoms with E-state index in [1.165, 1.54) is 128 Å². The van der Waals surface area contributed by atoms with Crippen molar-refractivity contribution in [2.24, 2.45) is 0 Å². The molecule has 0 aromatic carbocycles. The number of hydrogen-bond acceptors (Lipinski definition) is 6. The molecular formula is C73H122O6. The maximum atomic E-state index is 12.9. The summed E-state index contributed by atoms with van der Waals surface area (Å²) >= 11 is 0. The molecule has 6 nitrogen and oxygen atoms in total. The van der Waals surface area contributed by atoms with E-state index in [9.17, 15) is 14.4 Å². The largest absolute Gasteiger partial charge is 0.462 e. The molecule has 0 amide bonds. The van der Waals surface area contributed by atoms with E-state index in [4.69, 9.17) is 14.2 Å². The van der Waals surface area contributed by atoms with E-state index in [1.54, 1.807) is 0 Å². The number of esters is 3. The molecule has 0 fully saturated rings. The van der Waals surface area contributed by atoms with Crippen LogP contribution in [0.15, 0.2) is 122 Å². The molecule has 0 aromatic rings. The van der Waals surface area contributed by atoms with Gasteiger partial charge in [-0.1, -0.05) is 296 Å². The zero-order valence-corrected chi connectivity index (χ0v) is 51.6. The number of rotatable bonds is 59. The highest BCUT2D eigenvalue weighted by molar-refractivity contribution is 5.71. The van der Waals surface area contributed by atoms with Gasteiger partial charge in [0.25, 0.3) is 0 Å². The lowest BCUT2D eigenvalue weighted by molar-refractivity contribution is -0.167. The molecule has 0 aliphatic rings. The molecule has 0 aliphatic carbocycles. The normalized spacial score (nSPS) is 12.9. The number of carbonyl (C=O) groups excluding carboxylic acids is 3. The lowest BCUT2D eigenvalue weighted by Gasteiger charge is -2.18. The van der Waals surface area contributed by atoms with Crippen LogP contribution in [0.25, 0.3) is 0 Å². The first kappa shape index (κ1) is 74.8. The molecule has 0 heterocycles. The van der Waals surface area contributed by atoms with Crippen molar-refractivity contribution in [1.82, 2.24) is 0 Å². The van der Waals surface area contributed by atoms with Gasteiger partial charge in [0.1, 0.15) is 13.2 Å². The van der Waals surface area contributed by atoms with Crippen molar-refractivity contribution >= 4 is 17.9 Å². The predicted molar refractivity (Wildman–Crippen MR) is 343 cm³/mol. The number of allylic oxidation sites excluding steroid dienone is 20. The predicted octanol–water partition coefficient (Wildman–Crippen LogP) is 22.8. The number of ether oxygens (including phenoxy) is 3. The Morgan fingerprint density at radius 2 is 0.494 bits per heavy atom. The second kappa shape index (κ2) is 66.3. The fourth-order valence-electron chi connectivity index (χ4n) is 9.09. The Balaban J connectivity index is 4.31. The summed E-state index contributed by atoms with van der Waals surface area (Å²) in [6, 6.07) is 0. The minimum atomic E-state index is -0.794. The van der Waals surface area contributed by atoms with Crippen molar-refractivity contribution in [3.8, 4) is 0 Å². The van der Waals surface area contributed by atoms with Crippen LogP contribution < -0.4 is 0 Å². The van der Waals surface area contributed by atoms with Gasteiger partial charge < -0.3 is 14.2 Å². The zero-order chi connectivity index (χ0) is 57.1. The summed E-state index contributed by atoms with van der Waals surface area (Å²) in [7, 11) is 0. The Kier molecular flexibility index (Phi) is 62.8. The van der Waals surface area contributed by atoms with Gasteiger partial charge in [0, 0.05) is 19.3 Å². The third-order valence-electron chi connectivity index (χ3n) is 14.0. The molecule has 79 heavy (non-hydrogen) atoms. The maximum absolute atomic E-state index is 12.9. The molecule has 0 bridgehead atoms. The number of hydrogen-bond donors (Lipinski definition) is 0. The monoisotopic (exact) mass is 1090 g/mol. The van der Waals surface area contributed by atoms with Crippen molar-refractivity contribution in [2.75, 3.05) is 13.2 Å². The first-order valence-electron chi connectivity index (χ1n) is 33.0. The fraction of sp³-hybridized carbons (Fsp3) is 0.685. The van der Waals surface area contributed by atoms with Gasteiger partial charge in [-0.3, -0.25) is 14.4 Å². The van der Waals surface area contributed by atoms with Gasteiger partial charge in [0.05, 0.1) is 0 Å². The van der Waals surface area contributed by atoms with Crippen LogP contribution in [0.4, 0.5) is 0 Å². The van der Waals surface area contributed by atoms with E-state index >= 15 is 0 Å². The second-order valence-electron chi connectivity index (χ2n) is 21.6. The summed E-state index contributed by atoms with van der Waals surface area (Å²) in [5.74, 6) is -0.907. The Morgan fingerprint density at radius 1 is 0.266 bits per heavy atom. The van der Waals surface area contributed by atoms with Crippen LogP contribution in [0, 0.1) is 0 Å². The topological polar surface area (TPSA) is 78.9 Å². The van der Waals surface area contributed by atoms with E-state index in [1.807, 2.05) is 0 Å². The van der Waals surface area contributed by atoms with Crippen LogP contribution in [-0.2, 0) is 28.6 Å². The summed E-state index contributed by atoms with van der Waals surface area (Å²) in [5, 5.41) is 0. The van der Waals surface area contributed by atoms with Crippen LogP contribution in [-0.4, -0.2) is 37.2 Å². The van der Waals surface area contributed by atoms with Crippen LogP contribution in [0.5, 0.6) is 0 Å². The molecule has 0 N–H and O–H groups in total. The molecule has 450 valence electrons. The van der Waals surface area contributed by atoms with Gasteiger partial charge in [0.15, 0.2) is 6.10 Å². The fourth-order valence-corrected chi connectivity index (χ4v) is 9.09. The van der Waals surface area contributed by atoms with Gasteiger partial charge in [-0.2, -0.15) is 0 Å². The van der Waals surface area contributed by atoms with E-state index in [2.05, 4.69) is 142 Å². The number of unbranched alkanes of at least 4 members (excludes halogenated alkanes) is 28. The maximum Gasteiger partial charge on any atom is 0.306 e. The lowest BCUT2D eigenvalue weighted by atomic mass is 10.0. The highest BCUT2D eigenvalue weighted by atomic mass is 16.6. The summed E-state index contributed by atoms with van der Waals surface area (Å²) < 4.78 is 16.9. The second-order valence-corrected chi connectivity index (χ2v) is 21.6. The first-order chi connectivity index (χ1) is 39.0. The smallest absolute Gasteiger partial charge is 0.306 e. The van der Waals surface area contributed by atoms with E-state index in [-0.39, 0.29) is 31.1 Å². The van der Waals surface area contributed by atoms with Crippen molar-refractivity contribution in [2.45, 2.75) is 309 Å². The van der Waals surface area contributed by atoms with Crippen molar-refractivity contribution in [3.05, 3.63) is 122 Å². The van der Waals surface area contributed by atoms with Crippen LogP contribution in [0.3, 0.4) is 0 Å². The third kappa shape index (κ3) is 64.5. The highest BCUT2D eigenvalue weighted by Crippen LogP contribution is 2.16. The van der Waals surface area contributed by atoms with Gasteiger partial charge in [-0.25, -0.2) is 0 Å². The molecule has 1 unspecified atom stereocenters. The van der Waals surface area contributed by atoms with Gasteiger partial charge in [-0.15, -0.1) is 0 Å². The van der Waals surface area contributed by atoms with Gasteiger partial charge >= 0.3 is 17.9 Å². The van der Waals surface area contributed by atoms with Crippen molar-refractivity contribution in [3.63, 3.8) is 0 Å². The number of carbonyl (C=O) groups is 3. The molecule has 0 saturated carbocycles. The molecule has 0 rings (SSSR count). The Labute approximate surface area is 488 Å². The molecule has 0 radical (unpaired) electrons. The SMILES string of the molecule is CC/C=C\C/C=C\C/C=C\C/C=C\C/C=C\C/C=C\CCCCCCC(=O)OC(COC(=O)CCCCCCCCCCCCC)COC(=O)CCCCCCCCCCCCCCCC/C=C\C/C=C\C/C=C\C/C=C\CC. The zero-order valence-electron chi connectivity index (χ0n) is 51.6. The van der Waals surface area contributed by atoms with Crippen LogP contribution in [0.1, 0.15) is 303 Å². The molecule has 6 heteroatoms. The standard InChI is InChI=1S/C73H122O6/c1-4-7-10-13-16-19-22-24-26-28-30-32-34-35-36-37-39-40-42-44-46-48-51-54-57-60-63-66-72(75)78-69-70(68-77-71(74)65-62-59-56-53-50-21-18-15-12-9-6-3)79-73(76)67-64-61-58-55-52-49-47-45-43-41-38-33-31-29-27-25-23-20-17-14-11-8-5-2/h7-8,10-11,16-17,19-20,24-27,30-33,41,43,47,49,70H,4-6,9,12-15,18,21-23,28-29,34-40,42,44-46,48,50-69H2,1-3H3/b10-7-,11-8-,19-16-,20-17-,26-24-,27-25-,32-30-,33-31-,43-41-,49-47-. The molecule has 0 aromatic heterocycles. The first-order valence-corrected chi connectivity index (χ1v) is 33.0. The van der Waals surface area contributed by atoms with Gasteiger partial charge in [-0.05, 0) is 109 Å². The minimum absolute atomic E-state index is 0.0877. The van der Waals surface area contributed by atoms with E-state index in [0.29, 0.717) is 19.3 Å². The molecule has 0 aliphatic heterocycles. The summed E-state index contributed by atoms with van der Waals surface area (Å²) in [6.45, 7) is 6.41. The van der Waals surface area contributed by atoms with Crippen LogP contribution >= 0.6 is 0 Å². The van der Waals surface area contributed by atoms with Crippen LogP contribution in [0.2, 0.25) is 0 Å². The highest BCUT2D eigenvalue weighted by Gasteiger charge is 2.19. The Bertz CT molecular complexity index is 1640. The molecular weight excluding hydrogens is 973 g/mol. The van der Waals surface area contributed by atoms with E-state index < -0.39 is 6.10 Å². The average molecular weight is 1100 g/mol. The Morgan fingerprint density at radius 3 is 0.772 bits per heavy atom. The summed E-state index contributed by atoms with van der Waals surface area (Å²) in [5.41, 5.74) is 0. The summed E-state index contributed by atoms with van der Waals surface area (Å²) in [6.07, 6.45) is 92.1. The van der Waals surface area contributed by atoms with Crippen molar-refractivity contribution in [1.29, 1.82) is 0 Å². The lowest BCUT2D eigenvalue weighted by Crippen LogP contribution is -2.30. The summed E-state index contributed by atoms with van der Waals surface area (Å²) in [4.78, 5) is 38.3. The van der Waals surface area contributed by atoms with E-state index in [0.717, 1.165) is 135 Å². The van der Waals surface area contributed by atoms with Crippen molar-refractivity contribution < 1.29 is 28.6 Å². The molecule has 0 saturated heterocycles. The van der Waals surface area contributed by atoms with Gasteiger partial charge in [0.2, 0.25) is 0 Å². The third-order valence-corrected chi connectivity index (χ3v) is 14.0. The molecule has 1 atom stereocenters. The minimum Gasteiger partial charge on any atom is -0.462 e. The quantitative estimate of drug-likeness (QED) is 0.0261. The molecule has 0 spiro atoms. The average Bonchev–Trinajstić information content (AvgIpc) is 3.45.